The molecule has 0 rings (SSSR count). The lowest BCUT2D eigenvalue weighted by Crippen LogP contribution is -2.30. The van der Waals surface area contributed by atoms with E-state index in [-0.39, 0.29) is 0 Å². The van der Waals surface area contributed by atoms with Crippen molar-refractivity contribution in [3.05, 3.63) is 24.0 Å². The molecule has 0 aromatic rings. The molecule has 90 valence electrons. The number of nitrogens with one attached hydrogen (secondary N) is 2. The number of alkyl halides is 2. The lowest BCUT2D eigenvalue weighted by atomic mass is 10.2. The zero-order chi connectivity index (χ0) is 12.8. The molecule has 0 spiro atoms. The van der Waals surface area contributed by atoms with Gasteiger partial charge in [-0.15, -0.1) is 0 Å². The van der Waals surface area contributed by atoms with Crippen molar-refractivity contribution in [2.24, 2.45) is 4.99 Å². The summed E-state index contributed by atoms with van der Waals surface area (Å²) in [5.74, 6) is -2.81. The molecule has 0 radical (unpaired) electrons. The number of aliphatic imine (C=N–C) groups is 1. The van der Waals surface area contributed by atoms with E-state index in [1.165, 1.54) is 6.20 Å². The predicted octanol–water partition coefficient (Wildman–Crippen LogP) is 2.76. The highest BCUT2D eigenvalue weighted by Gasteiger charge is 2.20. The quantitative estimate of drug-likeness (QED) is 0.534. The first-order valence-electron chi connectivity index (χ1n) is 4.79. The predicted molar refractivity (Wildman–Crippen MR) is 63.4 cm³/mol. The molecule has 2 N–H and O–H groups in total. The molecule has 0 aliphatic carbocycles. The highest BCUT2D eigenvalue weighted by Crippen LogP contribution is 2.11. The van der Waals surface area contributed by atoms with E-state index in [4.69, 9.17) is 5.41 Å². The fourth-order valence-corrected chi connectivity index (χ4v) is 0.764. The van der Waals surface area contributed by atoms with Crippen LogP contribution in [0.15, 0.2) is 29.0 Å². The van der Waals surface area contributed by atoms with Crippen molar-refractivity contribution in [3.8, 4) is 0 Å². The number of halogens is 2. The number of allylic oxidation sites excluding steroid dienone is 1. The minimum Gasteiger partial charge on any atom is -0.377 e. The molecule has 0 aliphatic heterocycles. The van der Waals surface area contributed by atoms with E-state index in [9.17, 15) is 8.78 Å². The van der Waals surface area contributed by atoms with Crippen LogP contribution in [-0.2, 0) is 0 Å². The van der Waals surface area contributed by atoms with Gasteiger partial charge in [0.2, 0.25) is 0 Å². The summed E-state index contributed by atoms with van der Waals surface area (Å²) in [6.45, 7) is 7.45. The van der Waals surface area contributed by atoms with Crippen LogP contribution in [0, 0.1) is 5.41 Å². The molecular weight excluding hydrogens is 212 g/mol. The Morgan fingerprint density at radius 1 is 1.50 bits per heavy atom. The van der Waals surface area contributed by atoms with Crippen LogP contribution in [-0.4, -0.2) is 24.4 Å². The highest BCUT2D eigenvalue weighted by molar-refractivity contribution is 5.82. The fourth-order valence-electron chi connectivity index (χ4n) is 0.764. The van der Waals surface area contributed by atoms with Gasteiger partial charge in [-0.3, -0.25) is 4.99 Å². The Morgan fingerprint density at radius 2 is 2.06 bits per heavy atom. The van der Waals surface area contributed by atoms with Crippen LogP contribution in [0.25, 0.3) is 0 Å². The van der Waals surface area contributed by atoms with Gasteiger partial charge in [0.1, 0.15) is 0 Å². The summed E-state index contributed by atoms with van der Waals surface area (Å²) in [6.07, 6.45) is 2.39. The van der Waals surface area contributed by atoms with Crippen molar-refractivity contribution >= 4 is 11.9 Å². The molecule has 0 bridgehead atoms. The maximum atomic E-state index is 12.6. The first kappa shape index (κ1) is 14.5. The van der Waals surface area contributed by atoms with E-state index >= 15 is 0 Å². The van der Waals surface area contributed by atoms with Gasteiger partial charge in [0.15, 0.2) is 0 Å². The van der Waals surface area contributed by atoms with E-state index in [2.05, 4.69) is 16.9 Å². The first-order chi connectivity index (χ1) is 7.26. The van der Waals surface area contributed by atoms with Gasteiger partial charge >= 0.3 is 0 Å². The number of hydrogen-bond donors (Lipinski definition) is 2. The molecule has 0 saturated heterocycles. The van der Waals surface area contributed by atoms with Crippen molar-refractivity contribution < 1.29 is 8.78 Å². The zero-order valence-electron chi connectivity index (χ0n) is 9.77. The largest absolute Gasteiger partial charge is 0.377 e. The van der Waals surface area contributed by atoms with Crippen LogP contribution in [0.3, 0.4) is 0 Å². The SMILES string of the molecule is C=C(C=N)/C(=C\N=C(C)C)NCC(C)(F)F. The van der Waals surface area contributed by atoms with E-state index in [0.717, 1.165) is 18.9 Å². The van der Waals surface area contributed by atoms with Gasteiger partial charge in [-0.25, -0.2) is 8.78 Å². The molecule has 5 heteroatoms. The van der Waals surface area contributed by atoms with E-state index < -0.39 is 12.5 Å². The molecule has 0 amide bonds. The zero-order valence-corrected chi connectivity index (χ0v) is 9.77. The number of nitrogens with zero attached hydrogens (tertiary/aromatic N) is 1. The van der Waals surface area contributed by atoms with Gasteiger partial charge in [-0.2, -0.15) is 0 Å². The van der Waals surface area contributed by atoms with Gasteiger partial charge in [-0.1, -0.05) is 6.58 Å². The molecule has 0 unspecified atom stereocenters. The minimum absolute atomic E-state index is 0.314. The molecule has 0 heterocycles. The lowest BCUT2D eigenvalue weighted by molar-refractivity contribution is 0.0254. The Kier molecular flexibility index (Phi) is 5.56. The Balaban J connectivity index is 4.70. The van der Waals surface area contributed by atoms with E-state index in [1.807, 2.05) is 0 Å². The van der Waals surface area contributed by atoms with Gasteiger partial charge in [-0.05, 0) is 13.8 Å². The van der Waals surface area contributed by atoms with Gasteiger partial charge in [0.05, 0.1) is 18.4 Å². The first-order valence-corrected chi connectivity index (χ1v) is 4.79. The van der Waals surface area contributed by atoms with Gasteiger partial charge in [0, 0.05) is 24.4 Å². The average Bonchev–Trinajstić information content (AvgIpc) is 2.14. The molecule has 3 nitrogen and oxygen atoms in total. The third kappa shape index (κ3) is 6.86. The maximum Gasteiger partial charge on any atom is 0.262 e. The average molecular weight is 229 g/mol. The Hall–Kier alpha value is -1.52. The van der Waals surface area contributed by atoms with Crippen molar-refractivity contribution in [2.75, 3.05) is 6.54 Å². The summed E-state index contributed by atoms with van der Waals surface area (Å²) in [6, 6.07) is 0. The molecule has 0 atom stereocenters. The summed E-state index contributed by atoms with van der Waals surface area (Å²) in [4.78, 5) is 3.98. The Morgan fingerprint density at radius 3 is 2.44 bits per heavy atom. The topological polar surface area (TPSA) is 48.2 Å². The number of hydrogen-bond acceptors (Lipinski definition) is 3. The van der Waals surface area contributed by atoms with E-state index in [1.54, 1.807) is 13.8 Å². The van der Waals surface area contributed by atoms with Crippen molar-refractivity contribution in [3.63, 3.8) is 0 Å². The molecular formula is C11H17F2N3. The molecule has 0 fully saturated rings. The monoisotopic (exact) mass is 229 g/mol. The Bertz CT molecular complexity index is 321. The summed E-state index contributed by atoms with van der Waals surface area (Å²) >= 11 is 0. The maximum absolute atomic E-state index is 12.6. The minimum atomic E-state index is -2.81. The third-order valence-electron chi connectivity index (χ3n) is 1.56. The lowest BCUT2D eigenvalue weighted by Gasteiger charge is -2.14. The fraction of sp³-hybridized carbons (Fsp3) is 0.455. The molecule has 16 heavy (non-hydrogen) atoms. The smallest absolute Gasteiger partial charge is 0.262 e. The Labute approximate surface area is 94.5 Å². The second kappa shape index (κ2) is 6.15. The van der Waals surface area contributed by atoms with Crippen LogP contribution in [0.4, 0.5) is 8.78 Å². The van der Waals surface area contributed by atoms with Crippen molar-refractivity contribution in [1.29, 1.82) is 5.41 Å². The van der Waals surface area contributed by atoms with Crippen LogP contribution < -0.4 is 5.32 Å². The standard InChI is InChI=1S/C11H17F2N3/c1-8(2)15-6-10(9(3)5-14)16-7-11(4,12)13/h5-6,14,16H,3,7H2,1-2,4H3/b10-6+,14-5?. The second-order valence-corrected chi connectivity index (χ2v) is 3.71. The van der Waals surface area contributed by atoms with Gasteiger partial charge in [0.25, 0.3) is 5.92 Å². The number of rotatable bonds is 6. The van der Waals surface area contributed by atoms with Crippen LogP contribution in [0.5, 0.6) is 0 Å². The van der Waals surface area contributed by atoms with E-state index in [0.29, 0.717) is 11.3 Å². The van der Waals surface area contributed by atoms with Crippen LogP contribution in [0.1, 0.15) is 20.8 Å². The van der Waals surface area contributed by atoms with Crippen molar-refractivity contribution in [2.45, 2.75) is 26.7 Å². The van der Waals surface area contributed by atoms with Crippen LogP contribution in [0.2, 0.25) is 0 Å². The second-order valence-electron chi connectivity index (χ2n) is 3.71. The highest BCUT2D eigenvalue weighted by atomic mass is 19.3. The summed E-state index contributed by atoms with van der Waals surface area (Å²) in [5, 5.41) is 9.54. The normalized spacial score (nSPS) is 11.9. The van der Waals surface area contributed by atoms with Gasteiger partial charge < -0.3 is 10.7 Å². The molecule has 0 aliphatic rings. The molecule has 0 saturated carbocycles. The summed E-state index contributed by atoms with van der Waals surface area (Å²) in [5.41, 5.74) is 1.44. The van der Waals surface area contributed by atoms with Crippen molar-refractivity contribution in [1.82, 2.24) is 5.32 Å². The van der Waals surface area contributed by atoms with Crippen LogP contribution >= 0.6 is 0 Å². The molecule has 0 aromatic carbocycles. The summed E-state index contributed by atoms with van der Waals surface area (Å²) < 4.78 is 25.3. The summed E-state index contributed by atoms with van der Waals surface area (Å²) in [7, 11) is 0. The third-order valence-corrected chi connectivity index (χ3v) is 1.56. The molecule has 0 aromatic heterocycles.